The smallest absolute Gasteiger partial charge is 0.270 e. The van der Waals surface area contributed by atoms with Crippen LogP contribution < -0.4 is 19.1 Å². The summed E-state index contributed by atoms with van der Waals surface area (Å²) in [6, 6.07) is 9.30. The zero-order valence-corrected chi connectivity index (χ0v) is 25.6. The van der Waals surface area contributed by atoms with Crippen molar-refractivity contribution in [3.05, 3.63) is 47.0 Å². The highest BCUT2D eigenvalue weighted by atomic mass is 32.2. The third-order valence-electron chi connectivity index (χ3n) is 9.58. The number of anilines is 2. The van der Waals surface area contributed by atoms with Crippen molar-refractivity contribution >= 4 is 27.4 Å². The third kappa shape index (κ3) is 4.45. The van der Waals surface area contributed by atoms with Crippen LogP contribution in [0.2, 0.25) is 0 Å². The van der Waals surface area contributed by atoms with E-state index in [2.05, 4.69) is 39.9 Å². The highest BCUT2D eigenvalue weighted by Gasteiger charge is 2.56. The minimum atomic E-state index is -4.28. The Balaban J connectivity index is 1.25. The summed E-state index contributed by atoms with van der Waals surface area (Å²) in [5, 5.41) is 4.23. The zero-order valence-electron chi connectivity index (χ0n) is 24.8. The van der Waals surface area contributed by atoms with Gasteiger partial charge in [0.05, 0.1) is 33.5 Å². The van der Waals surface area contributed by atoms with Crippen LogP contribution in [0.25, 0.3) is 11.3 Å². The van der Waals surface area contributed by atoms with Gasteiger partial charge in [0.1, 0.15) is 11.5 Å². The number of morpholine rings is 1. The molecule has 2 aromatic carbocycles. The van der Waals surface area contributed by atoms with E-state index in [1.54, 1.807) is 4.90 Å². The fourth-order valence-electron chi connectivity index (χ4n) is 6.85. The normalized spacial score (nSPS) is 24.2. The van der Waals surface area contributed by atoms with E-state index in [1.807, 2.05) is 6.92 Å². The van der Waals surface area contributed by atoms with E-state index in [4.69, 9.17) is 18.7 Å². The number of fused-ring (bicyclic) bond motifs is 4. The molecule has 3 fully saturated rings. The number of benzene rings is 2. The van der Waals surface area contributed by atoms with E-state index in [0.717, 1.165) is 36.3 Å². The summed E-state index contributed by atoms with van der Waals surface area (Å²) in [6.07, 6.45) is 2.81. The molecule has 1 saturated carbocycles. The van der Waals surface area contributed by atoms with Gasteiger partial charge in [-0.1, -0.05) is 18.1 Å². The van der Waals surface area contributed by atoms with Crippen LogP contribution in [0.15, 0.2) is 39.8 Å². The number of nitrogens with one attached hydrogen (secondary N) is 1. The van der Waals surface area contributed by atoms with Gasteiger partial charge < -0.3 is 28.5 Å². The summed E-state index contributed by atoms with van der Waals surface area (Å²) in [5.41, 5.74) is 4.28. The van der Waals surface area contributed by atoms with Crippen LogP contribution in [0.4, 0.5) is 11.5 Å². The van der Waals surface area contributed by atoms with Crippen molar-refractivity contribution in [3.8, 4) is 22.8 Å². The van der Waals surface area contributed by atoms with E-state index in [1.165, 1.54) is 38.3 Å². The lowest BCUT2D eigenvalue weighted by Crippen LogP contribution is -2.47. The van der Waals surface area contributed by atoms with Crippen molar-refractivity contribution in [3.63, 3.8) is 0 Å². The zero-order chi connectivity index (χ0) is 30.1. The monoisotopic (exact) mass is 608 g/mol. The lowest BCUT2D eigenvalue weighted by atomic mass is 9.77. The van der Waals surface area contributed by atoms with Crippen LogP contribution in [0.1, 0.15) is 48.2 Å². The van der Waals surface area contributed by atoms with Gasteiger partial charge in [-0.3, -0.25) is 9.52 Å². The summed E-state index contributed by atoms with van der Waals surface area (Å²) in [4.78, 5) is 17.2. The number of sulfonamides is 1. The number of ether oxygens (including phenoxy) is 3. The van der Waals surface area contributed by atoms with E-state index < -0.39 is 10.0 Å². The molecule has 0 bridgehead atoms. The molecule has 2 aliphatic heterocycles. The van der Waals surface area contributed by atoms with E-state index >= 15 is 0 Å². The molecule has 4 aliphatic rings. The van der Waals surface area contributed by atoms with Crippen LogP contribution in [0, 0.1) is 5.92 Å². The quantitative estimate of drug-likeness (QED) is 0.423. The van der Waals surface area contributed by atoms with Crippen LogP contribution in [-0.2, 0) is 26.6 Å². The summed E-state index contributed by atoms with van der Waals surface area (Å²) >= 11 is 0. The molecule has 1 N–H and O–H groups in total. The molecule has 0 radical (unpaired) electrons. The Bertz CT molecular complexity index is 1690. The molecule has 1 amide bonds. The van der Waals surface area contributed by atoms with Crippen molar-refractivity contribution in [2.24, 2.45) is 5.92 Å². The molecule has 1 aromatic heterocycles. The van der Waals surface area contributed by atoms with Crippen molar-refractivity contribution in [1.29, 1.82) is 0 Å². The second-order valence-corrected chi connectivity index (χ2v) is 13.7. The average Bonchev–Trinajstić information content (AvgIpc) is 3.44. The second-order valence-electron chi connectivity index (χ2n) is 12.1. The van der Waals surface area contributed by atoms with Gasteiger partial charge in [-0.05, 0) is 61.9 Å². The highest BCUT2D eigenvalue weighted by molar-refractivity contribution is 7.93. The molecule has 12 heteroatoms. The van der Waals surface area contributed by atoms with Gasteiger partial charge in [0, 0.05) is 47.4 Å². The van der Waals surface area contributed by atoms with E-state index in [9.17, 15) is 13.2 Å². The maximum absolute atomic E-state index is 14.0. The number of nitrogens with zero attached hydrogens (tertiary/aromatic N) is 3. The van der Waals surface area contributed by atoms with Crippen molar-refractivity contribution in [2.75, 3.05) is 56.7 Å². The van der Waals surface area contributed by atoms with Gasteiger partial charge in [-0.15, -0.1) is 0 Å². The lowest BCUT2D eigenvalue weighted by Gasteiger charge is -2.34. The second kappa shape index (κ2) is 10.2. The Morgan fingerprint density at radius 2 is 1.81 bits per heavy atom. The van der Waals surface area contributed by atoms with Gasteiger partial charge in [0.2, 0.25) is 0 Å². The molecule has 0 unspecified atom stereocenters. The summed E-state index contributed by atoms with van der Waals surface area (Å²) < 4.78 is 53.0. The largest absolute Gasteiger partial charge is 0.495 e. The van der Waals surface area contributed by atoms with Crippen LogP contribution in [0.3, 0.4) is 0 Å². The number of rotatable bonds is 7. The fraction of sp³-hybridized carbons (Fsp3) is 0.484. The number of hydrogen-bond acceptors (Lipinski definition) is 9. The molecule has 7 rings (SSSR count). The van der Waals surface area contributed by atoms with E-state index in [0.29, 0.717) is 37.9 Å². The van der Waals surface area contributed by atoms with Gasteiger partial charge in [-0.2, -0.15) is 0 Å². The number of carbonyl (C=O) groups is 1. The number of methoxy groups -OCH3 is 2. The number of hydrogen-bond donors (Lipinski definition) is 1. The molecule has 228 valence electrons. The Labute approximate surface area is 251 Å². The third-order valence-corrected chi connectivity index (χ3v) is 11.0. The Morgan fingerprint density at radius 3 is 2.42 bits per heavy atom. The van der Waals surface area contributed by atoms with Gasteiger partial charge >= 0.3 is 0 Å². The molecule has 2 aliphatic carbocycles. The average molecular weight is 609 g/mol. The number of carbonyl (C=O) groups excluding carboxylic acids is 1. The van der Waals surface area contributed by atoms with Gasteiger partial charge in [0.25, 0.3) is 15.9 Å². The topological polar surface area (TPSA) is 123 Å². The first-order chi connectivity index (χ1) is 20.7. The van der Waals surface area contributed by atoms with Crippen molar-refractivity contribution in [1.82, 2.24) is 10.1 Å². The minimum Gasteiger partial charge on any atom is -0.495 e. The standard InChI is InChI=1S/C31H36N4O7S/c1-18-15-31(18)16-23-27(22-14-21(6-7-24(22)31)34-8-5-9-34)42-32-29(23)33-43(37,38)28-25(39-3)12-20(13-26(28)40-4)30(36)35-10-11-41-17-19(35)2/h6-7,12-14,18-19H,5,8-11,15-17H2,1-4H3,(H,32,33)/t18-,19+,31+/m0/s1. The summed E-state index contributed by atoms with van der Waals surface area (Å²) in [6.45, 7) is 7.49. The maximum atomic E-state index is 14.0. The van der Waals surface area contributed by atoms with Crippen LogP contribution in [-0.4, -0.2) is 77.5 Å². The first-order valence-electron chi connectivity index (χ1n) is 14.7. The predicted molar refractivity (Wildman–Crippen MR) is 160 cm³/mol. The molecular weight excluding hydrogens is 572 g/mol. The Morgan fingerprint density at radius 1 is 1.09 bits per heavy atom. The lowest BCUT2D eigenvalue weighted by molar-refractivity contribution is 0.00355. The van der Waals surface area contributed by atoms with Crippen molar-refractivity contribution in [2.45, 2.75) is 49.5 Å². The fourth-order valence-corrected chi connectivity index (χ4v) is 8.18. The van der Waals surface area contributed by atoms with Crippen LogP contribution in [0.5, 0.6) is 11.5 Å². The molecule has 43 heavy (non-hydrogen) atoms. The first-order valence-corrected chi connectivity index (χ1v) is 16.2. The molecular formula is C31H36N4O7S. The molecule has 3 heterocycles. The predicted octanol–water partition coefficient (Wildman–Crippen LogP) is 4.06. The summed E-state index contributed by atoms with van der Waals surface area (Å²) in [7, 11) is -1.55. The SMILES string of the molecule is COc1cc(C(=O)N2CCOC[C@H]2C)cc(OC)c1S(=O)(=O)Nc1noc2c1C[C@@]1(C[C@@H]1C)c1ccc(N3CCC3)cc1-2. The van der Waals surface area contributed by atoms with Gasteiger partial charge in [-0.25, -0.2) is 8.42 Å². The van der Waals surface area contributed by atoms with Gasteiger partial charge in [0.15, 0.2) is 16.5 Å². The van der Waals surface area contributed by atoms with Crippen molar-refractivity contribution < 1.29 is 31.9 Å². The molecule has 3 atom stereocenters. The molecule has 11 nitrogen and oxygen atoms in total. The number of aromatic nitrogens is 1. The molecule has 3 aromatic rings. The van der Waals surface area contributed by atoms with E-state index in [-0.39, 0.29) is 45.1 Å². The first kappa shape index (κ1) is 28.0. The number of amides is 1. The minimum absolute atomic E-state index is 0.00899. The molecule has 1 spiro atoms. The molecule has 2 saturated heterocycles. The maximum Gasteiger partial charge on any atom is 0.270 e. The summed E-state index contributed by atoms with van der Waals surface area (Å²) in [5.74, 6) is 0.929. The van der Waals surface area contributed by atoms with Crippen LogP contribution >= 0.6 is 0 Å². The Hall–Kier alpha value is -3.77. The highest BCUT2D eigenvalue weighted by Crippen LogP contribution is 2.62. The Kier molecular flexibility index (Phi) is 6.62.